The number of nitrogens with one attached hydrogen (secondary N) is 2. The van der Waals surface area contributed by atoms with E-state index in [9.17, 15) is 9.90 Å². The number of carbonyl (C=O) groups is 1. The van der Waals surface area contributed by atoms with Crippen LogP contribution in [0.2, 0.25) is 0 Å². The molecule has 2 aliphatic rings. The molecule has 17 heavy (non-hydrogen) atoms. The fraction of sp³-hybridized carbons (Fsp3) is 0.923. The van der Waals surface area contributed by atoms with Gasteiger partial charge in [0.05, 0.1) is 6.10 Å². The molecule has 0 heterocycles. The Morgan fingerprint density at radius 3 is 2.35 bits per heavy atom. The fourth-order valence-corrected chi connectivity index (χ4v) is 2.99. The van der Waals surface area contributed by atoms with E-state index in [4.69, 9.17) is 0 Å². The summed E-state index contributed by atoms with van der Waals surface area (Å²) in [5, 5.41) is 15.4. The minimum Gasteiger partial charge on any atom is -0.393 e. The van der Waals surface area contributed by atoms with Gasteiger partial charge in [-0.15, -0.1) is 0 Å². The van der Waals surface area contributed by atoms with E-state index in [1.54, 1.807) is 0 Å². The molecule has 0 radical (unpaired) electrons. The van der Waals surface area contributed by atoms with Gasteiger partial charge in [0.25, 0.3) is 0 Å². The first kappa shape index (κ1) is 12.7. The van der Waals surface area contributed by atoms with Crippen molar-refractivity contribution in [1.29, 1.82) is 0 Å². The van der Waals surface area contributed by atoms with E-state index in [0.29, 0.717) is 12.5 Å². The Morgan fingerprint density at radius 1 is 1.00 bits per heavy atom. The Bertz CT molecular complexity index is 252. The Kier molecular flexibility index (Phi) is 4.66. The SMILES string of the molecule is O=C(NCC1CCCC1)NC[C@@H]1CCC[C@H]1O. The number of hydrogen-bond acceptors (Lipinski definition) is 2. The smallest absolute Gasteiger partial charge is 0.314 e. The van der Waals surface area contributed by atoms with Gasteiger partial charge in [-0.25, -0.2) is 4.79 Å². The molecule has 2 atom stereocenters. The van der Waals surface area contributed by atoms with Crippen LogP contribution in [-0.2, 0) is 0 Å². The fourth-order valence-electron chi connectivity index (χ4n) is 2.99. The maximum atomic E-state index is 11.6. The largest absolute Gasteiger partial charge is 0.393 e. The first-order valence-electron chi connectivity index (χ1n) is 6.95. The maximum Gasteiger partial charge on any atom is 0.314 e. The van der Waals surface area contributed by atoms with Gasteiger partial charge in [-0.05, 0) is 31.6 Å². The van der Waals surface area contributed by atoms with Gasteiger partial charge in [0.1, 0.15) is 0 Å². The van der Waals surface area contributed by atoms with Gasteiger partial charge in [0.2, 0.25) is 0 Å². The molecule has 0 aromatic rings. The highest BCUT2D eigenvalue weighted by Crippen LogP contribution is 2.25. The lowest BCUT2D eigenvalue weighted by atomic mass is 10.1. The number of urea groups is 1. The average Bonchev–Trinajstić information content (AvgIpc) is 2.95. The second kappa shape index (κ2) is 6.24. The molecular formula is C13H24N2O2. The lowest BCUT2D eigenvalue weighted by Crippen LogP contribution is -2.41. The van der Waals surface area contributed by atoms with Crippen molar-refractivity contribution in [3.05, 3.63) is 0 Å². The summed E-state index contributed by atoms with van der Waals surface area (Å²) in [6, 6.07) is -0.0731. The molecule has 4 nitrogen and oxygen atoms in total. The van der Waals surface area contributed by atoms with Crippen molar-refractivity contribution in [2.75, 3.05) is 13.1 Å². The van der Waals surface area contributed by atoms with Crippen LogP contribution in [-0.4, -0.2) is 30.3 Å². The summed E-state index contributed by atoms with van der Waals surface area (Å²) >= 11 is 0. The average molecular weight is 240 g/mol. The second-order valence-corrected chi connectivity index (χ2v) is 5.50. The summed E-state index contributed by atoms with van der Waals surface area (Å²) in [5.41, 5.74) is 0. The maximum absolute atomic E-state index is 11.6. The summed E-state index contributed by atoms with van der Waals surface area (Å²) in [6.07, 6.45) is 7.90. The van der Waals surface area contributed by atoms with Crippen molar-refractivity contribution < 1.29 is 9.90 Å². The van der Waals surface area contributed by atoms with Crippen LogP contribution in [0.3, 0.4) is 0 Å². The van der Waals surface area contributed by atoms with Crippen molar-refractivity contribution in [2.45, 2.75) is 51.0 Å². The summed E-state index contributed by atoms with van der Waals surface area (Å²) in [6.45, 7) is 1.41. The lowest BCUT2D eigenvalue weighted by molar-refractivity contribution is 0.132. The molecule has 98 valence electrons. The van der Waals surface area contributed by atoms with Gasteiger partial charge >= 0.3 is 6.03 Å². The van der Waals surface area contributed by atoms with E-state index < -0.39 is 0 Å². The quantitative estimate of drug-likeness (QED) is 0.699. The molecule has 0 unspecified atom stereocenters. The Labute approximate surface area is 103 Å². The summed E-state index contributed by atoms with van der Waals surface area (Å²) in [7, 11) is 0. The highest BCUT2D eigenvalue weighted by molar-refractivity contribution is 5.73. The van der Waals surface area contributed by atoms with Crippen LogP contribution in [0.15, 0.2) is 0 Å². The number of aliphatic hydroxyl groups is 1. The molecule has 3 N–H and O–H groups in total. The van der Waals surface area contributed by atoms with Crippen molar-refractivity contribution in [1.82, 2.24) is 10.6 Å². The molecule has 0 saturated heterocycles. The number of carbonyl (C=O) groups excluding carboxylic acids is 1. The highest BCUT2D eigenvalue weighted by atomic mass is 16.3. The predicted octanol–water partition coefficient (Wildman–Crippen LogP) is 1.64. The molecule has 0 aromatic heterocycles. The van der Waals surface area contributed by atoms with Crippen molar-refractivity contribution >= 4 is 6.03 Å². The van der Waals surface area contributed by atoms with E-state index in [1.807, 2.05) is 0 Å². The van der Waals surface area contributed by atoms with Gasteiger partial charge < -0.3 is 15.7 Å². The zero-order chi connectivity index (χ0) is 12.1. The minimum absolute atomic E-state index is 0.0731. The van der Waals surface area contributed by atoms with Crippen molar-refractivity contribution in [3.63, 3.8) is 0 Å². The van der Waals surface area contributed by atoms with Gasteiger partial charge in [-0.2, -0.15) is 0 Å². The van der Waals surface area contributed by atoms with Crippen LogP contribution in [0.4, 0.5) is 4.79 Å². The van der Waals surface area contributed by atoms with Crippen LogP contribution in [0.1, 0.15) is 44.9 Å². The molecule has 2 saturated carbocycles. The van der Waals surface area contributed by atoms with E-state index >= 15 is 0 Å². The van der Waals surface area contributed by atoms with E-state index in [1.165, 1.54) is 25.7 Å². The number of rotatable bonds is 4. The minimum atomic E-state index is -0.217. The summed E-state index contributed by atoms with van der Waals surface area (Å²) in [4.78, 5) is 11.6. The van der Waals surface area contributed by atoms with E-state index in [2.05, 4.69) is 10.6 Å². The molecule has 2 rings (SSSR count). The van der Waals surface area contributed by atoms with Gasteiger partial charge in [0.15, 0.2) is 0 Å². The molecule has 0 spiro atoms. The summed E-state index contributed by atoms with van der Waals surface area (Å²) in [5.74, 6) is 0.935. The van der Waals surface area contributed by atoms with Gasteiger partial charge in [0, 0.05) is 19.0 Å². The van der Waals surface area contributed by atoms with E-state index in [-0.39, 0.29) is 18.1 Å². The standard InChI is InChI=1S/C13H24N2O2/c16-12-7-3-6-11(12)9-15-13(17)14-8-10-4-1-2-5-10/h10-12,16H,1-9H2,(H2,14,15,17)/t11-,12+/m0/s1. The third kappa shape index (κ3) is 3.87. The monoisotopic (exact) mass is 240 g/mol. The zero-order valence-corrected chi connectivity index (χ0v) is 10.5. The Morgan fingerprint density at radius 2 is 1.71 bits per heavy atom. The number of hydrogen-bond donors (Lipinski definition) is 3. The molecule has 0 aromatic carbocycles. The molecule has 2 aliphatic carbocycles. The van der Waals surface area contributed by atoms with Crippen LogP contribution < -0.4 is 10.6 Å². The van der Waals surface area contributed by atoms with Crippen molar-refractivity contribution in [3.8, 4) is 0 Å². The van der Waals surface area contributed by atoms with Gasteiger partial charge in [-0.1, -0.05) is 19.3 Å². The van der Waals surface area contributed by atoms with Crippen LogP contribution in [0.5, 0.6) is 0 Å². The number of aliphatic hydroxyl groups excluding tert-OH is 1. The molecule has 2 fully saturated rings. The Balaban J connectivity index is 1.57. The highest BCUT2D eigenvalue weighted by Gasteiger charge is 2.25. The molecule has 0 bridgehead atoms. The first-order chi connectivity index (χ1) is 8.25. The summed E-state index contributed by atoms with van der Waals surface area (Å²) < 4.78 is 0. The van der Waals surface area contributed by atoms with E-state index in [0.717, 1.165) is 25.8 Å². The first-order valence-corrected chi connectivity index (χ1v) is 6.95. The topological polar surface area (TPSA) is 61.4 Å². The second-order valence-electron chi connectivity index (χ2n) is 5.50. The molecular weight excluding hydrogens is 216 g/mol. The van der Waals surface area contributed by atoms with Crippen LogP contribution in [0.25, 0.3) is 0 Å². The lowest BCUT2D eigenvalue weighted by Gasteiger charge is -2.16. The number of amides is 2. The molecule has 0 aliphatic heterocycles. The molecule has 4 heteroatoms. The normalized spacial score (nSPS) is 29.5. The third-order valence-electron chi connectivity index (χ3n) is 4.17. The van der Waals surface area contributed by atoms with Gasteiger partial charge in [-0.3, -0.25) is 0 Å². The molecule has 2 amide bonds. The predicted molar refractivity (Wildman–Crippen MR) is 66.7 cm³/mol. The van der Waals surface area contributed by atoms with Crippen LogP contribution >= 0.6 is 0 Å². The Hall–Kier alpha value is -0.770. The third-order valence-corrected chi connectivity index (χ3v) is 4.17. The zero-order valence-electron chi connectivity index (χ0n) is 10.5. The van der Waals surface area contributed by atoms with Crippen LogP contribution in [0, 0.1) is 11.8 Å². The van der Waals surface area contributed by atoms with Crippen molar-refractivity contribution in [2.24, 2.45) is 11.8 Å².